The number of benzene rings is 2. The van der Waals surface area contributed by atoms with Crippen molar-refractivity contribution in [1.29, 1.82) is 0 Å². The van der Waals surface area contributed by atoms with E-state index in [4.69, 9.17) is 16.3 Å². The topological polar surface area (TPSA) is 73.1 Å². The van der Waals surface area contributed by atoms with E-state index in [1.165, 1.54) is 11.8 Å². The van der Waals surface area contributed by atoms with Crippen molar-refractivity contribution in [3.8, 4) is 5.69 Å². The second-order valence-corrected chi connectivity index (χ2v) is 7.58. The largest absolute Gasteiger partial charge is 0.390 e. The number of aliphatic hydroxyl groups is 1. The van der Waals surface area contributed by atoms with Crippen molar-refractivity contribution in [3.05, 3.63) is 64.7 Å². The number of aromatic nitrogens is 4. The van der Waals surface area contributed by atoms with Gasteiger partial charge in [0.05, 0.1) is 24.5 Å². The highest BCUT2D eigenvalue weighted by molar-refractivity contribution is 7.99. The Bertz CT molecular complexity index is 872. The van der Waals surface area contributed by atoms with Gasteiger partial charge in [0.15, 0.2) is 0 Å². The highest BCUT2D eigenvalue weighted by atomic mass is 35.5. The molecule has 0 saturated heterocycles. The van der Waals surface area contributed by atoms with Gasteiger partial charge in [-0.05, 0) is 53.6 Å². The highest BCUT2D eigenvalue weighted by Crippen LogP contribution is 2.22. The molecule has 1 aromatic heterocycles. The molecule has 0 amide bonds. The number of thioether (sulfide) groups is 1. The first-order valence-electron chi connectivity index (χ1n) is 8.57. The van der Waals surface area contributed by atoms with E-state index in [1.807, 2.05) is 62.4 Å². The van der Waals surface area contributed by atoms with Gasteiger partial charge in [0.1, 0.15) is 0 Å². The molecule has 0 aliphatic rings. The fourth-order valence-corrected chi connectivity index (χ4v) is 3.44. The Hall–Kier alpha value is -1.93. The number of aryl methyl sites for hydroxylation is 1. The van der Waals surface area contributed by atoms with Crippen molar-refractivity contribution in [2.24, 2.45) is 0 Å². The molecule has 0 unspecified atom stereocenters. The zero-order valence-electron chi connectivity index (χ0n) is 15.1. The van der Waals surface area contributed by atoms with Gasteiger partial charge >= 0.3 is 0 Å². The van der Waals surface area contributed by atoms with Gasteiger partial charge < -0.3 is 9.84 Å². The molecular weight excluding hydrogens is 384 g/mol. The van der Waals surface area contributed by atoms with Crippen molar-refractivity contribution in [3.63, 3.8) is 0 Å². The minimum Gasteiger partial charge on any atom is -0.390 e. The number of halogens is 1. The second kappa shape index (κ2) is 9.32. The van der Waals surface area contributed by atoms with Crippen LogP contribution in [0.25, 0.3) is 5.69 Å². The minimum atomic E-state index is -0.633. The Morgan fingerprint density at radius 3 is 2.67 bits per heavy atom. The lowest BCUT2D eigenvalue weighted by Crippen LogP contribution is -2.19. The van der Waals surface area contributed by atoms with Gasteiger partial charge in [0.2, 0.25) is 5.16 Å². The van der Waals surface area contributed by atoms with Crippen molar-refractivity contribution in [2.75, 3.05) is 12.4 Å². The van der Waals surface area contributed by atoms with E-state index < -0.39 is 6.10 Å². The normalized spacial score (nSPS) is 13.5. The molecular formula is C19H21ClN4O2S. The summed E-state index contributed by atoms with van der Waals surface area (Å²) >= 11 is 7.29. The molecule has 0 fully saturated rings. The molecule has 3 aromatic rings. The first-order valence-corrected chi connectivity index (χ1v) is 9.93. The van der Waals surface area contributed by atoms with Crippen LogP contribution >= 0.6 is 23.4 Å². The van der Waals surface area contributed by atoms with Crippen LogP contribution in [0.5, 0.6) is 0 Å². The summed E-state index contributed by atoms with van der Waals surface area (Å²) < 4.78 is 7.45. The fourth-order valence-electron chi connectivity index (χ4n) is 2.53. The third kappa shape index (κ3) is 5.29. The molecule has 0 saturated carbocycles. The molecule has 1 heterocycles. The summed E-state index contributed by atoms with van der Waals surface area (Å²) in [5.74, 6) is 0.430. The molecule has 0 spiro atoms. The maximum absolute atomic E-state index is 10.3. The van der Waals surface area contributed by atoms with Crippen LogP contribution in [-0.4, -0.2) is 43.8 Å². The zero-order chi connectivity index (χ0) is 19.2. The third-order valence-corrected chi connectivity index (χ3v) is 5.38. The van der Waals surface area contributed by atoms with Crippen molar-refractivity contribution < 1.29 is 9.84 Å². The maximum Gasteiger partial charge on any atom is 0.214 e. The quantitative estimate of drug-likeness (QED) is 0.575. The van der Waals surface area contributed by atoms with Crippen LogP contribution in [0.4, 0.5) is 0 Å². The second-order valence-electron chi connectivity index (χ2n) is 6.15. The molecule has 142 valence electrons. The molecule has 3 rings (SSSR count). The molecule has 8 heteroatoms. The van der Waals surface area contributed by atoms with Gasteiger partial charge in [-0.2, -0.15) is 4.68 Å². The lowest BCUT2D eigenvalue weighted by molar-refractivity contribution is 0.00621. The molecule has 1 N–H and O–H groups in total. The van der Waals surface area contributed by atoms with Crippen LogP contribution in [0.2, 0.25) is 5.02 Å². The highest BCUT2D eigenvalue weighted by Gasteiger charge is 2.15. The van der Waals surface area contributed by atoms with E-state index in [0.717, 1.165) is 16.8 Å². The number of para-hydroxylation sites is 1. The number of tetrazole rings is 1. The molecule has 6 nitrogen and oxygen atoms in total. The number of hydrogen-bond donors (Lipinski definition) is 1. The van der Waals surface area contributed by atoms with Gasteiger partial charge in [-0.1, -0.05) is 53.7 Å². The Morgan fingerprint density at radius 1 is 1.19 bits per heavy atom. The standard InChI is InChI=1S/C19H21ClN4O2S/c1-13-5-3-4-6-18(13)24-19(21-22-23-24)27-12-17(25)11-26-14(2)15-7-9-16(20)10-8-15/h3-10,14,17,25H,11-12H2,1-2H3/t14-,17-/m0/s1. The Kier molecular flexibility index (Phi) is 6.84. The molecule has 0 radical (unpaired) electrons. The zero-order valence-corrected chi connectivity index (χ0v) is 16.7. The van der Waals surface area contributed by atoms with Gasteiger partial charge in [0.25, 0.3) is 0 Å². The first-order chi connectivity index (χ1) is 13.0. The minimum absolute atomic E-state index is 0.126. The number of hydrogen-bond acceptors (Lipinski definition) is 6. The molecule has 2 atom stereocenters. The van der Waals surface area contributed by atoms with E-state index in [1.54, 1.807) is 4.68 Å². The average molecular weight is 405 g/mol. The molecule has 2 aromatic carbocycles. The molecule has 0 aliphatic heterocycles. The van der Waals surface area contributed by atoms with Crippen LogP contribution in [0.3, 0.4) is 0 Å². The number of nitrogens with zero attached hydrogens (tertiary/aromatic N) is 4. The van der Waals surface area contributed by atoms with E-state index in [-0.39, 0.29) is 12.7 Å². The van der Waals surface area contributed by atoms with E-state index >= 15 is 0 Å². The van der Waals surface area contributed by atoms with Crippen LogP contribution in [-0.2, 0) is 4.74 Å². The lowest BCUT2D eigenvalue weighted by atomic mass is 10.1. The Balaban J connectivity index is 1.53. The SMILES string of the molecule is Cc1ccccc1-n1nnnc1SC[C@@H](O)CO[C@@H](C)c1ccc(Cl)cc1. The summed E-state index contributed by atoms with van der Waals surface area (Å²) in [7, 11) is 0. The van der Waals surface area contributed by atoms with Crippen molar-refractivity contribution >= 4 is 23.4 Å². The average Bonchev–Trinajstić information content (AvgIpc) is 3.13. The predicted molar refractivity (Wildman–Crippen MR) is 106 cm³/mol. The summed E-state index contributed by atoms with van der Waals surface area (Å²) in [6.45, 7) is 4.18. The molecule has 0 aliphatic carbocycles. The summed E-state index contributed by atoms with van der Waals surface area (Å²) in [4.78, 5) is 0. The molecule has 27 heavy (non-hydrogen) atoms. The van der Waals surface area contributed by atoms with Gasteiger partial charge in [0, 0.05) is 10.8 Å². The maximum atomic E-state index is 10.3. The van der Waals surface area contributed by atoms with E-state index in [2.05, 4.69) is 15.5 Å². The van der Waals surface area contributed by atoms with Crippen LogP contribution in [0.15, 0.2) is 53.7 Å². The Morgan fingerprint density at radius 2 is 1.93 bits per heavy atom. The number of rotatable bonds is 8. The summed E-state index contributed by atoms with van der Waals surface area (Å²) in [6, 6.07) is 15.4. The van der Waals surface area contributed by atoms with E-state index in [9.17, 15) is 5.11 Å². The smallest absolute Gasteiger partial charge is 0.214 e. The fraction of sp³-hybridized carbons (Fsp3) is 0.316. The summed E-state index contributed by atoms with van der Waals surface area (Å²) in [5, 5.41) is 23.5. The summed E-state index contributed by atoms with van der Waals surface area (Å²) in [6.07, 6.45) is -0.758. The van der Waals surface area contributed by atoms with Crippen molar-refractivity contribution in [1.82, 2.24) is 20.2 Å². The monoisotopic (exact) mass is 404 g/mol. The Labute approximate surface area is 167 Å². The first kappa shape index (κ1) is 19.8. The van der Waals surface area contributed by atoms with Crippen molar-refractivity contribution in [2.45, 2.75) is 31.2 Å². The third-order valence-electron chi connectivity index (χ3n) is 4.07. The van der Waals surface area contributed by atoms with Gasteiger partial charge in [-0.25, -0.2) is 0 Å². The lowest BCUT2D eigenvalue weighted by Gasteiger charge is -2.16. The summed E-state index contributed by atoms with van der Waals surface area (Å²) in [5.41, 5.74) is 3.02. The van der Waals surface area contributed by atoms with Crippen LogP contribution < -0.4 is 0 Å². The van der Waals surface area contributed by atoms with Crippen LogP contribution in [0.1, 0.15) is 24.2 Å². The predicted octanol–water partition coefficient (Wildman–Crippen LogP) is 3.85. The van der Waals surface area contributed by atoms with Gasteiger partial charge in [-0.15, -0.1) is 5.10 Å². The van der Waals surface area contributed by atoms with E-state index in [0.29, 0.717) is 15.9 Å². The molecule has 0 bridgehead atoms. The number of ether oxygens (including phenoxy) is 1. The van der Waals surface area contributed by atoms with Crippen LogP contribution in [0, 0.1) is 6.92 Å². The van der Waals surface area contributed by atoms with Gasteiger partial charge in [-0.3, -0.25) is 0 Å². The number of aliphatic hydroxyl groups excluding tert-OH is 1.